The number of rotatable bonds is 7. The molecule has 0 fully saturated rings. The second-order valence-electron chi connectivity index (χ2n) is 5.56. The number of amides is 1. The molecule has 0 aliphatic rings. The Morgan fingerprint density at radius 3 is 2.68 bits per heavy atom. The first kappa shape index (κ1) is 16.3. The van der Waals surface area contributed by atoms with Gasteiger partial charge in [-0.3, -0.25) is 4.79 Å². The second kappa shape index (κ2) is 7.80. The fraction of sp³-hybridized carbons (Fsp3) is 0.389. The molecule has 3 N–H and O–H groups in total. The number of hydrogen-bond acceptors (Lipinski definition) is 3. The van der Waals surface area contributed by atoms with Gasteiger partial charge in [0, 0.05) is 0 Å². The van der Waals surface area contributed by atoms with Gasteiger partial charge in [-0.05, 0) is 28.8 Å². The zero-order chi connectivity index (χ0) is 15.9. The first-order valence-corrected chi connectivity index (χ1v) is 7.76. The van der Waals surface area contributed by atoms with Crippen LogP contribution in [0.2, 0.25) is 0 Å². The monoisotopic (exact) mass is 300 g/mol. The standard InChI is InChI=1S/C18H24N2O2/c1-3-13(2)17(19)18(21)20-10-11-22-16-9-8-14-6-4-5-7-15(14)12-16/h4-9,12-13,17H,3,10-11,19H2,1-2H3,(H,20,21). The Balaban J connectivity index is 1.79. The van der Waals surface area contributed by atoms with Gasteiger partial charge < -0.3 is 15.8 Å². The van der Waals surface area contributed by atoms with E-state index < -0.39 is 6.04 Å². The predicted molar refractivity (Wildman–Crippen MR) is 89.9 cm³/mol. The van der Waals surface area contributed by atoms with Crippen molar-refractivity contribution in [1.29, 1.82) is 0 Å². The Morgan fingerprint density at radius 1 is 1.23 bits per heavy atom. The first-order chi connectivity index (χ1) is 10.6. The van der Waals surface area contributed by atoms with E-state index in [1.165, 1.54) is 5.39 Å². The topological polar surface area (TPSA) is 64.4 Å². The van der Waals surface area contributed by atoms with Crippen LogP contribution >= 0.6 is 0 Å². The number of hydrogen-bond donors (Lipinski definition) is 2. The lowest BCUT2D eigenvalue weighted by atomic mass is 9.99. The van der Waals surface area contributed by atoms with Gasteiger partial charge in [0.1, 0.15) is 12.4 Å². The summed E-state index contributed by atoms with van der Waals surface area (Å²) in [6.45, 7) is 4.89. The Labute approximate surface area is 131 Å². The van der Waals surface area contributed by atoms with Crippen molar-refractivity contribution >= 4 is 16.7 Å². The highest BCUT2D eigenvalue weighted by molar-refractivity contribution is 5.83. The molecule has 118 valence electrons. The number of nitrogens with one attached hydrogen (secondary N) is 1. The molecule has 0 heterocycles. The van der Waals surface area contributed by atoms with Gasteiger partial charge in [0.05, 0.1) is 12.6 Å². The predicted octanol–water partition coefficient (Wildman–Crippen LogP) is 2.71. The van der Waals surface area contributed by atoms with Crippen LogP contribution in [-0.4, -0.2) is 25.1 Å². The molecule has 0 saturated carbocycles. The van der Waals surface area contributed by atoms with Crippen LogP contribution < -0.4 is 15.8 Å². The summed E-state index contributed by atoms with van der Waals surface area (Å²) in [5.41, 5.74) is 5.87. The van der Waals surface area contributed by atoms with E-state index in [1.54, 1.807) is 0 Å². The van der Waals surface area contributed by atoms with Crippen LogP contribution in [0.3, 0.4) is 0 Å². The van der Waals surface area contributed by atoms with Gasteiger partial charge in [0.25, 0.3) is 0 Å². The Hall–Kier alpha value is -2.07. The number of ether oxygens (including phenoxy) is 1. The van der Waals surface area contributed by atoms with Gasteiger partial charge in [-0.15, -0.1) is 0 Å². The van der Waals surface area contributed by atoms with Crippen molar-refractivity contribution in [2.24, 2.45) is 11.7 Å². The van der Waals surface area contributed by atoms with Crippen LogP contribution in [0.5, 0.6) is 5.75 Å². The summed E-state index contributed by atoms with van der Waals surface area (Å²) in [6.07, 6.45) is 0.891. The summed E-state index contributed by atoms with van der Waals surface area (Å²) in [7, 11) is 0. The van der Waals surface area contributed by atoms with Crippen LogP contribution in [-0.2, 0) is 4.79 Å². The molecule has 2 atom stereocenters. The maximum atomic E-state index is 11.8. The zero-order valence-electron chi connectivity index (χ0n) is 13.2. The molecule has 4 nitrogen and oxygen atoms in total. The third kappa shape index (κ3) is 4.21. The van der Waals surface area contributed by atoms with Gasteiger partial charge in [-0.1, -0.05) is 50.6 Å². The van der Waals surface area contributed by atoms with Gasteiger partial charge in [-0.2, -0.15) is 0 Å². The number of carbonyl (C=O) groups excluding carboxylic acids is 1. The van der Waals surface area contributed by atoms with E-state index in [1.807, 2.05) is 44.2 Å². The molecule has 4 heteroatoms. The van der Waals surface area contributed by atoms with Gasteiger partial charge in [0.15, 0.2) is 0 Å². The van der Waals surface area contributed by atoms with Crippen molar-refractivity contribution < 1.29 is 9.53 Å². The van der Waals surface area contributed by atoms with E-state index >= 15 is 0 Å². The summed E-state index contributed by atoms with van der Waals surface area (Å²) in [6, 6.07) is 13.6. The minimum atomic E-state index is -0.453. The molecule has 2 aromatic rings. The second-order valence-corrected chi connectivity index (χ2v) is 5.56. The van der Waals surface area contributed by atoms with Crippen molar-refractivity contribution in [3.63, 3.8) is 0 Å². The molecule has 2 aromatic carbocycles. The average Bonchev–Trinajstić information content (AvgIpc) is 2.56. The van der Waals surface area contributed by atoms with E-state index in [2.05, 4.69) is 17.4 Å². The molecule has 2 unspecified atom stereocenters. The summed E-state index contributed by atoms with van der Waals surface area (Å²) in [4.78, 5) is 11.8. The third-order valence-corrected chi connectivity index (χ3v) is 3.95. The SMILES string of the molecule is CCC(C)C(N)C(=O)NCCOc1ccc2ccccc2c1. The van der Waals surface area contributed by atoms with Crippen molar-refractivity contribution in [2.45, 2.75) is 26.3 Å². The van der Waals surface area contributed by atoms with Crippen molar-refractivity contribution in [3.05, 3.63) is 42.5 Å². The summed E-state index contributed by atoms with van der Waals surface area (Å²) < 4.78 is 5.68. The molecule has 0 saturated heterocycles. The van der Waals surface area contributed by atoms with Crippen LogP contribution in [0.1, 0.15) is 20.3 Å². The van der Waals surface area contributed by atoms with Crippen molar-refractivity contribution in [2.75, 3.05) is 13.2 Å². The lowest BCUT2D eigenvalue weighted by Crippen LogP contribution is -2.45. The van der Waals surface area contributed by atoms with E-state index in [9.17, 15) is 4.79 Å². The maximum Gasteiger partial charge on any atom is 0.237 e. The molecule has 0 spiro atoms. The highest BCUT2D eigenvalue weighted by Crippen LogP contribution is 2.20. The van der Waals surface area contributed by atoms with E-state index in [0.29, 0.717) is 13.2 Å². The number of benzene rings is 2. The van der Waals surface area contributed by atoms with Gasteiger partial charge in [-0.25, -0.2) is 0 Å². The first-order valence-electron chi connectivity index (χ1n) is 7.76. The third-order valence-electron chi connectivity index (χ3n) is 3.95. The zero-order valence-corrected chi connectivity index (χ0v) is 13.2. The van der Waals surface area contributed by atoms with E-state index in [0.717, 1.165) is 17.6 Å². The number of fused-ring (bicyclic) bond motifs is 1. The summed E-state index contributed by atoms with van der Waals surface area (Å²) in [5, 5.41) is 5.14. The molecule has 0 bridgehead atoms. The molecule has 0 aromatic heterocycles. The van der Waals surface area contributed by atoms with Crippen LogP contribution in [0.15, 0.2) is 42.5 Å². The van der Waals surface area contributed by atoms with E-state index in [4.69, 9.17) is 10.5 Å². The summed E-state index contributed by atoms with van der Waals surface area (Å²) in [5.74, 6) is 0.872. The van der Waals surface area contributed by atoms with Crippen molar-refractivity contribution in [3.8, 4) is 5.75 Å². The lowest BCUT2D eigenvalue weighted by Gasteiger charge is -2.17. The molecule has 0 aliphatic heterocycles. The molecule has 1 amide bonds. The Kier molecular flexibility index (Phi) is 5.78. The largest absolute Gasteiger partial charge is 0.492 e. The Morgan fingerprint density at radius 2 is 1.95 bits per heavy atom. The minimum Gasteiger partial charge on any atom is -0.492 e. The quantitative estimate of drug-likeness (QED) is 0.773. The van der Waals surface area contributed by atoms with Crippen LogP contribution in [0, 0.1) is 5.92 Å². The highest BCUT2D eigenvalue weighted by Gasteiger charge is 2.18. The number of carbonyl (C=O) groups is 1. The van der Waals surface area contributed by atoms with Crippen LogP contribution in [0.25, 0.3) is 10.8 Å². The lowest BCUT2D eigenvalue weighted by molar-refractivity contribution is -0.123. The smallest absolute Gasteiger partial charge is 0.237 e. The molecular weight excluding hydrogens is 276 g/mol. The molecule has 0 radical (unpaired) electrons. The Bertz CT molecular complexity index is 627. The van der Waals surface area contributed by atoms with Gasteiger partial charge in [0.2, 0.25) is 5.91 Å². The van der Waals surface area contributed by atoms with Crippen molar-refractivity contribution in [1.82, 2.24) is 5.32 Å². The molecular formula is C18H24N2O2. The number of nitrogens with two attached hydrogens (primary N) is 1. The minimum absolute atomic E-state index is 0.114. The maximum absolute atomic E-state index is 11.8. The molecule has 22 heavy (non-hydrogen) atoms. The summed E-state index contributed by atoms with van der Waals surface area (Å²) >= 11 is 0. The molecule has 0 aliphatic carbocycles. The van der Waals surface area contributed by atoms with Gasteiger partial charge >= 0.3 is 0 Å². The van der Waals surface area contributed by atoms with E-state index in [-0.39, 0.29) is 11.8 Å². The fourth-order valence-corrected chi connectivity index (χ4v) is 2.23. The fourth-order valence-electron chi connectivity index (χ4n) is 2.23. The molecule has 2 rings (SSSR count). The average molecular weight is 300 g/mol. The van der Waals surface area contributed by atoms with Crippen LogP contribution in [0.4, 0.5) is 0 Å². The highest BCUT2D eigenvalue weighted by atomic mass is 16.5. The normalized spacial score (nSPS) is 13.6.